The highest BCUT2D eigenvalue weighted by molar-refractivity contribution is 7.89. The number of rotatable bonds is 7. The molecule has 0 saturated carbocycles. The average molecular weight is 444 g/mol. The van der Waals surface area contributed by atoms with Gasteiger partial charge in [0.2, 0.25) is 21.8 Å². The van der Waals surface area contributed by atoms with Gasteiger partial charge in [0.15, 0.2) is 0 Å². The number of benzene rings is 2. The van der Waals surface area contributed by atoms with Crippen LogP contribution in [0, 0.1) is 0 Å². The van der Waals surface area contributed by atoms with E-state index in [9.17, 15) is 18.0 Å². The summed E-state index contributed by atoms with van der Waals surface area (Å²) in [6.07, 6.45) is 0. The molecule has 0 atom stereocenters. The van der Waals surface area contributed by atoms with E-state index in [1.165, 1.54) is 36.1 Å². The summed E-state index contributed by atoms with van der Waals surface area (Å²) in [6, 6.07) is 10.6. The van der Waals surface area contributed by atoms with Crippen molar-refractivity contribution in [2.24, 2.45) is 0 Å². The van der Waals surface area contributed by atoms with Gasteiger partial charge in [-0.25, -0.2) is 13.1 Å². The number of amides is 2. The van der Waals surface area contributed by atoms with Crippen LogP contribution in [0.1, 0.15) is 12.5 Å². The van der Waals surface area contributed by atoms with Gasteiger partial charge in [-0.1, -0.05) is 29.3 Å². The average Bonchev–Trinajstić information content (AvgIpc) is 2.62. The molecule has 0 bridgehead atoms. The zero-order chi connectivity index (χ0) is 20.9. The predicted octanol–water partition coefficient (Wildman–Crippen LogP) is 2.89. The van der Waals surface area contributed by atoms with Crippen molar-refractivity contribution in [1.82, 2.24) is 9.62 Å². The number of hydrogen-bond acceptors (Lipinski definition) is 4. The summed E-state index contributed by atoms with van der Waals surface area (Å²) >= 11 is 11.9. The zero-order valence-corrected chi connectivity index (χ0v) is 17.5. The Kier molecular flexibility index (Phi) is 7.42. The molecule has 0 saturated heterocycles. The molecule has 0 radical (unpaired) electrons. The molecular weight excluding hydrogens is 425 g/mol. The Morgan fingerprint density at radius 1 is 1.07 bits per heavy atom. The van der Waals surface area contributed by atoms with E-state index in [1.807, 2.05) is 0 Å². The topological polar surface area (TPSA) is 95.6 Å². The van der Waals surface area contributed by atoms with Gasteiger partial charge in [0.05, 0.1) is 11.4 Å². The van der Waals surface area contributed by atoms with Crippen LogP contribution in [0.4, 0.5) is 5.69 Å². The van der Waals surface area contributed by atoms with Crippen molar-refractivity contribution < 1.29 is 18.0 Å². The number of carbonyl (C=O) groups is 2. The molecule has 150 valence electrons. The van der Waals surface area contributed by atoms with Gasteiger partial charge in [0.25, 0.3) is 0 Å². The van der Waals surface area contributed by atoms with E-state index in [0.717, 1.165) is 0 Å². The SMILES string of the molecule is CC(=O)Nc1ccc(S(=O)(=O)NCC(=O)N(C)Cc2ccc(Cl)cc2Cl)cc1. The van der Waals surface area contributed by atoms with E-state index in [-0.39, 0.29) is 17.3 Å². The minimum absolute atomic E-state index is 0.0159. The van der Waals surface area contributed by atoms with Crippen molar-refractivity contribution in [3.63, 3.8) is 0 Å². The molecule has 10 heteroatoms. The van der Waals surface area contributed by atoms with Crippen LogP contribution in [0.2, 0.25) is 10.0 Å². The molecule has 0 heterocycles. The highest BCUT2D eigenvalue weighted by Crippen LogP contribution is 2.22. The van der Waals surface area contributed by atoms with Crippen LogP contribution in [0.3, 0.4) is 0 Å². The van der Waals surface area contributed by atoms with E-state index in [0.29, 0.717) is 21.3 Å². The number of halogens is 2. The van der Waals surface area contributed by atoms with Crippen LogP contribution < -0.4 is 10.0 Å². The second-order valence-corrected chi connectivity index (χ2v) is 8.63. The van der Waals surface area contributed by atoms with Crippen molar-refractivity contribution in [3.8, 4) is 0 Å². The third kappa shape index (κ3) is 6.20. The summed E-state index contributed by atoms with van der Waals surface area (Å²) in [7, 11) is -2.33. The minimum Gasteiger partial charge on any atom is -0.340 e. The smallest absolute Gasteiger partial charge is 0.241 e. The third-order valence-electron chi connectivity index (χ3n) is 3.75. The maximum atomic E-state index is 12.3. The lowest BCUT2D eigenvalue weighted by molar-refractivity contribution is -0.129. The molecule has 0 spiro atoms. The highest BCUT2D eigenvalue weighted by Gasteiger charge is 2.18. The van der Waals surface area contributed by atoms with Crippen molar-refractivity contribution in [1.29, 1.82) is 0 Å². The molecule has 2 N–H and O–H groups in total. The van der Waals surface area contributed by atoms with Gasteiger partial charge in [-0.3, -0.25) is 9.59 Å². The van der Waals surface area contributed by atoms with Crippen LogP contribution in [0.5, 0.6) is 0 Å². The third-order valence-corrected chi connectivity index (χ3v) is 5.75. The Morgan fingerprint density at radius 2 is 1.71 bits per heavy atom. The van der Waals surface area contributed by atoms with Gasteiger partial charge in [-0.15, -0.1) is 0 Å². The van der Waals surface area contributed by atoms with Crippen molar-refractivity contribution >= 4 is 50.7 Å². The Bertz CT molecular complexity index is 979. The van der Waals surface area contributed by atoms with Crippen LogP contribution >= 0.6 is 23.2 Å². The number of anilines is 1. The Balaban J connectivity index is 1.97. The van der Waals surface area contributed by atoms with Gasteiger partial charge in [-0.05, 0) is 42.0 Å². The number of hydrogen-bond donors (Lipinski definition) is 2. The summed E-state index contributed by atoms with van der Waals surface area (Å²) in [5, 5.41) is 3.46. The Morgan fingerprint density at radius 3 is 2.29 bits per heavy atom. The fourth-order valence-electron chi connectivity index (χ4n) is 2.29. The summed E-state index contributed by atoms with van der Waals surface area (Å²) in [4.78, 5) is 24.6. The molecule has 0 unspecified atom stereocenters. The second-order valence-electron chi connectivity index (χ2n) is 6.02. The summed E-state index contributed by atoms with van der Waals surface area (Å²) in [6.45, 7) is 1.16. The van der Waals surface area contributed by atoms with Gasteiger partial charge in [0.1, 0.15) is 0 Å². The summed E-state index contributed by atoms with van der Waals surface area (Å²) < 4.78 is 26.9. The highest BCUT2D eigenvalue weighted by atomic mass is 35.5. The first-order valence-electron chi connectivity index (χ1n) is 8.13. The van der Waals surface area contributed by atoms with Gasteiger partial charge in [-0.2, -0.15) is 0 Å². The Hall–Kier alpha value is -2.13. The lowest BCUT2D eigenvalue weighted by Gasteiger charge is -2.18. The maximum absolute atomic E-state index is 12.3. The predicted molar refractivity (Wildman–Crippen MR) is 109 cm³/mol. The quantitative estimate of drug-likeness (QED) is 0.687. The van der Waals surface area contributed by atoms with E-state index in [1.54, 1.807) is 25.2 Å². The van der Waals surface area contributed by atoms with Crippen LogP contribution in [-0.4, -0.2) is 38.7 Å². The molecule has 28 heavy (non-hydrogen) atoms. The Labute approximate surface area is 173 Å². The molecule has 0 aliphatic rings. The molecule has 2 aromatic carbocycles. The lowest BCUT2D eigenvalue weighted by atomic mass is 10.2. The van der Waals surface area contributed by atoms with Crippen LogP contribution in [-0.2, 0) is 26.2 Å². The van der Waals surface area contributed by atoms with Crippen molar-refractivity contribution in [2.45, 2.75) is 18.4 Å². The molecule has 0 aliphatic heterocycles. The van der Waals surface area contributed by atoms with E-state index < -0.39 is 22.5 Å². The molecule has 0 fully saturated rings. The van der Waals surface area contributed by atoms with Gasteiger partial charge >= 0.3 is 0 Å². The van der Waals surface area contributed by atoms with E-state index in [4.69, 9.17) is 23.2 Å². The first kappa shape index (κ1) is 22.2. The molecule has 2 aromatic rings. The molecule has 0 aliphatic carbocycles. The normalized spacial score (nSPS) is 11.1. The summed E-state index contributed by atoms with van der Waals surface area (Å²) in [5.41, 5.74) is 1.17. The molecule has 2 amide bonds. The van der Waals surface area contributed by atoms with Crippen molar-refractivity contribution in [2.75, 3.05) is 18.9 Å². The molecule has 7 nitrogen and oxygen atoms in total. The number of sulfonamides is 1. The monoisotopic (exact) mass is 443 g/mol. The number of carbonyl (C=O) groups excluding carboxylic acids is 2. The molecule has 0 aromatic heterocycles. The fourth-order valence-corrected chi connectivity index (χ4v) is 3.73. The molecule has 2 rings (SSSR count). The van der Waals surface area contributed by atoms with Crippen LogP contribution in [0.15, 0.2) is 47.4 Å². The van der Waals surface area contributed by atoms with E-state index >= 15 is 0 Å². The second kappa shape index (κ2) is 9.38. The maximum Gasteiger partial charge on any atom is 0.241 e. The fraction of sp³-hybridized carbons (Fsp3) is 0.222. The summed E-state index contributed by atoms with van der Waals surface area (Å²) in [5.74, 6) is -0.687. The van der Waals surface area contributed by atoms with Crippen molar-refractivity contribution in [3.05, 3.63) is 58.1 Å². The largest absolute Gasteiger partial charge is 0.340 e. The standard InChI is InChI=1S/C18H19Cl2N3O4S/c1-12(24)22-15-5-7-16(8-6-15)28(26,27)21-10-18(25)23(2)11-13-3-4-14(19)9-17(13)20/h3-9,21H,10-11H2,1-2H3,(H,22,24). The number of likely N-dealkylation sites (N-methyl/N-ethyl adjacent to an activating group) is 1. The lowest BCUT2D eigenvalue weighted by Crippen LogP contribution is -2.37. The first-order chi connectivity index (χ1) is 13.1. The van der Waals surface area contributed by atoms with E-state index in [2.05, 4.69) is 10.0 Å². The van der Waals surface area contributed by atoms with Gasteiger partial charge < -0.3 is 10.2 Å². The number of nitrogens with one attached hydrogen (secondary N) is 2. The minimum atomic E-state index is -3.87. The molecular formula is C18H19Cl2N3O4S. The zero-order valence-electron chi connectivity index (χ0n) is 15.2. The van der Waals surface area contributed by atoms with Crippen LogP contribution in [0.25, 0.3) is 0 Å². The van der Waals surface area contributed by atoms with Gasteiger partial charge in [0, 0.05) is 36.2 Å². The number of nitrogens with zero attached hydrogens (tertiary/aromatic N) is 1. The first-order valence-corrected chi connectivity index (χ1v) is 10.4.